The van der Waals surface area contributed by atoms with E-state index in [9.17, 15) is 8.42 Å². The predicted octanol–water partition coefficient (Wildman–Crippen LogP) is -0.955. The molecule has 5 nitrogen and oxygen atoms in total. The Morgan fingerprint density at radius 2 is 1.60 bits per heavy atom. The Morgan fingerprint density at radius 3 is 2.10 bits per heavy atom. The first-order valence-electron chi connectivity index (χ1n) is 2.87. The van der Waals surface area contributed by atoms with Crippen LogP contribution in [0.1, 0.15) is 0 Å². The van der Waals surface area contributed by atoms with Crippen LogP contribution < -0.4 is 0 Å². The molecule has 0 aliphatic carbocycles. The van der Waals surface area contributed by atoms with Crippen LogP contribution >= 0.6 is 0 Å². The molecule has 0 aromatic carbocycles. The van der Waals surface area contributed by atoms with Gasteiger partial charge in [0.25, 0.3) is 0 Å². The summed E-state index contributed by atoms with van der Waals surface area (Å²) in [5.74, 6) is 0. The highest BCUT2D eigenvalue weighted by Gasteiger charge is 2.44. The SMILES string of the molecule is O=S1(=O)O[C@H]2COC[C@H]2O1. The summed E-state index contributed by atoms with van der Waals surface area (Å²) >= 11 is 0. The van der Waals surface area contributed by atoms with Crippen molar-refractivity contribution < 1.29 is 21.5 Å². The number of hydrogen-bond acceptors (Lipinski definition) is 5. The normalized spacial score (nSPS) is 43.6. The first kappa shape index (κ1) is 6.53. The number of ether oxygens (including phenoxy) is 1. The second-order valence-electron chi connectivity index (χ2n) is 2.22. The van der Waals surface area contributed by atoms with Gasteiger partial charge in [0.2, 0.25) is 0 Å². The summed E-state index contributed by atoms with van der Waals surface area (Å²) in [6.45, 7) is 0.619. The molecule has 0 radical (unpaired) electrons. The van der Waals surface area contributed by atoms with Gasteiger partial charge in [-0.25, -0.2) is 8.37 Å². The van der Waals surface area contributed by atoms with E-state index in [2.05, 4.69) is 8.37 Å². The van der Waals surface area contributed by atoms with Crippen LogP contribution in [0.15, 0.2) is 0 Å². The standard InChI is InChI=1S/C4H6O5S/c5-10(6)8-3-1-7-2-4(3)9-10/h3-4H,1-2H2/t3-,4+. The molecule has 0 aromatic rings. The Hall–Kier alpha value is -0.170. The van der Waals surface area contributed by atoms with Gasteiger partial charge in [0.1, 0.15) is 12.2 Å². The zero-order valence-corrected chi connectivity index (χ0v) is 5.83. The van der Waals surface area contributed by atoms with Crippen LogP contribution in [-0.2, 0) is 23.5 Å². The molecule has 10 heavy (non-hydrogen) atoms. The quantitative estimate of drug-likeness (QED) is 0.464. The topological polar surface area (TPSA) is 61.8 Å². The van der Waals surface area contributed by atoms with E-state index < -0.39 is 22.6 Å². The second-order valence-corrected chi connectivity index (χ2v) is 3.42. The van der Waals surface area contributed by atoms with Gasteiger partial charge in [-0.2, -0.15) is 8.42 Å². The minimum atomic E-state index is -3.69. The second kappa shape index (κ2) is 1.91. The maximum atomic E-state index is 10.5. The summed E-state index contributed by atoms with van der Waals surface area (Å²) in [5.41, 5.74) is 0. The predicted molar refractivity (Wildman–Crippen MR) is 29.5 cm³/mol. The van der Waals surface area contributed by atoms with E-state index in [1.54, 1.807) is 0 Å². The van der Waals surface area contributed by atoms with Crippen molar-refractivity contribution in [3.05, 3.63) is 0 Å². The molecule has 0 bridgehead atoms. The molecule has 2 aliphatic rings. The molecule has 0 saturated carbocycles. The van der Waals surface area contributed by atoms with Crippen molar-refractivity contribution in [3.63, 3.8) is 0 Å². The van der Waals surface area contributed by atoms with Crippen LogP contribution in [0.25, 0.3) is 0 Å². The van der Waals surface area contributed by atoms with Crippen molar-refractivity contribution in [2.75, 3.05) is 13.2 Å². The highest BCUT2D eigenvalue weighted by atomic mass is 32.3. The highest BCUT2D eigenvalue weighted by Crippen LogP contribution is 2.25. The number of fused-ring (bicyclic) bond motifs is 1. The third kappa shape index (κ3) is 0.929. The molecule has 2 fully saturated rings. The van der Waals surface area contributed by atoms with Crippen LogP contribution in [0, 0.1) is 0 Å². The summed E-state index contributed by atoms with van der Waals surface area (Å²) < 4.78 is 35.0. The Labute approximate surface area is 58.2 Å². The van der Waals surface area contributed by atoms with Crippen molar-refractivity contribution >= 4 is 10.4 Å². The zero-order valence-electron chi connectivity index (χ0n) is 5.02. The molecule has 0 unspecified atom stereocenters. The lowest BCUT2D eigenvalue weighted by atomic mass is 10.3. The summed E-state index contributed by atoms with van der Waals surface area (Å²) in [4.78, 5) is 0. The average molecular weight is 166 g/mol. The minimum Gasteiger partial charge on any atom is -0.376 e. The van der Waals surface area contributed by atoms with E-state index >= 15 is 0 Å². The van der Waals surface area contributed by atoms with Crippen LogP contribution in [0.5, 0.6) is 0 Å². The van der Waals surface area contributed by atoms with Crippen molar-refractivity contribution in [3.8, 4) is 0 Å². The molecule has 6 heteroatoms. The van der Waals surface area contributed by atoms with E-state index in [4.69, 9.17) is 4.74 Å². The van der Waals surface area contributed by atoms with Gasteiger partial charge in [-0.15, -0.1) is 0 Å². The van der Waals surface area contributed by atoms with E-state index in [0.29, 0.717) is 13.2 Å². The Kier molecular flexibility index (Phi) is 1.25. The highest BCUT2D eigenvalue weighted by molar-refractivity contribution is 7.82. The van der Waals surface area contributed by atoms with E-state index in [1.807, 2.05) is 0 Å². The first-order chi connectivity index (χ1) is 4.67. The number of rotatable bonds is 0. The molecule has 2 saturated heterocycles. The molecule has 0 N–H and O–H groups in total. The van der Waals surface area contributed by atoms with Gasteiger partial charge >= 0.3 is 10.4 Å². The van der Waals surface area contributed by atoms with E-state index in [-0.39, 0.29) is 0 Å². The Morgan fingerprint density at radius 1 is 1.10 bits per heavy atom. The molecule has 2 heterocycles. The lowest BCUT2D eigenvalue weighted by Crippen LogP contribution is -2.18. The molecule has 2 aliphatic heterocycles. The van der Waals surface area contributed by atoms with Gasteiger partial charge in [0.05, 0.1) is 13.2 Å². The summed E-state index contributed by atoms with van der Waals surface area (Å²) in [5, 5.41) is 0. The third-order valence-corrected chi connectivity index (χ3v) is 2.43. The van der Waals surface area contributed by atoms with E-state index in [0.717, 1.165) is 0 Å². The molecule has 0 spiro atoms. The van der Waals surface area contributed by atoms with Gasteiger partial charge in [0, 0.05) is 0 Å². The van der Waals surface area contributed by atoms with Crippen LogP contribution in [-0.4, -0.2) is 33.8 Å². The Balaban J connectivity index is 2.21. The van der Waals surface area contributed by atoms with Crippen molar-refractivity contribution in [2.24, 2.45) is 0 Å². The van der Waals surface area contributed by atoms with Crippen LogP contribution in [0.2, 0.25) is 0 Å². The van der Waals surface area contributed by atoms with Crippen molar-refractivity contribution in [1.29, 1.82) is 0 Å². The monoisotopic (exact) mass is 166 g/mol. The molecule has 58 valence electrons. The van der Waals surface area contributed by atoms with Gasteiger partial charge in [-0.05, 0) is 0 Å². The summed E-state index contributed by atoms with van der Waals surface area (Å²) in [6, 6.07) is 0. The molecule has 0 aromatic heterocycles. The average Bonchev–Trinajstić information content (AvgIpc) is 2.20. The fourth-order valence-electron chi connectivity index (χ4n) is 1.02. The fourth-order valence-corrected chi connectivity index (χ4v) is 2.03. The van der Waals surface area contributed by atoms with Crippen molar-refractivity contribution in [2.45, 2.75) is 12.2 Å². The molecular weight excluding hydrogens is 160 g/mol. The maximum Gasteiger partial charge on any atom is 0.400 e. The molecular formula is C4H6O5S. The minimum absolute atomic E-state index is 0.309. The summed E-state index contributed by atoms with van der Waals surface area (Å²) in [7, 11) is -3.69. The molecule has 2 rings (SSSR count). The van der Waals surface area contributed by atoms with Gasteiger partial charge in [-0.3, -0.25) is 0 Å². The molecule has 0 amide bonds. The van der Waals surface area contributed by atoms with E-state index in [1.165, 1.54) is 0 Å². The zero-order chi connectivity index (χ0) is 7.19. The third-order valence-electron chi connectivity index (χ3n) is 1.46. The molecule has 2 atom stereocenters. The van der Waals surface area contributed by atoms with Gasteiger partial charge in [-0.1, -0.05) is 0 Å². The van der Waals surface area contributed by atoms with Crippen LogP contribution in [0.4, 0.5) is 0 Å². The summed E-state index contributed by atoms with van der Waals surface area (Å²) in [6.07, 6.45) is -0.824. The smallest absolute Gasteiger partial charge is 0.376 e. The van der Waals surface area contributed by atoms with Crippen LogP contribution in [0.3, 0.4) is 0 Å². The first-order valence-corrected chi connectivity index (χ1v) is 4.20. The lowest BCUT2D eigenvalue weighted by molar-refractivity contribution is 0.134. The fraction of sp³-hybridized carbons (Fsp3) is 1.00. The Bertz CT molecular complexity index is 214. The van der Waals surface area contributed by atoms with Crippen molar-refractivity contribution in [1.82, 2.24) is 0 Å². The van der Waals surface area contributed by atoms with Gasteiger partial charge in [0.15, 0.2) is 0 Å². The number of hydrogen-bond donors (Lipinski definition) is 0. The maximum absolute atomic E-state index is 10.5. The lowest BCUT2D eigenvalue weighted by Gasteiger charge is -1.95. The largest absolute Gasteiger partial charge is 0.400 e. The van der Waals surface area contributed by atoms with Gasteiger partial charge < -0.3 is 4.74 Å².